The van der Waals surface area contributed by atoms with Crippen LogP contribution in [0.25, 0.3) is 11.4 Å². The number of nitrogens with zero attached hydrogens (tertiary/aromatic N) is 2. The molecular formula is C21H20ClN3O. The summed E-state index contributed by atoms with van der Waals surface area (Å²) in [5.41, 5.74) is 5.06. The molecule has 26 heavy (non-hydrogen) atoms. The van der Waals surface area contributed by atoms with E-state index in [0.717, 1.165) is 36.3 Å². The molecule has 1 aliphatic rings. The zero-order valence-corrected chi connectivity index (χ0v) is 15.4. The third-order valence-electron chi connectivity index (χ3n) is 4.80. The van der Waals surface area contributed by atoms with E-state index in [2.05, 4.69) is 41.1 Å². The normalized spacial score (nSPS) is 14.2. The van der Waals surface area contributed by atoms with Crippen molar-refractivity contribution < 1.29 is 0 Å². The summed E-state index contributed by atoms with van der Waals surface area (Å²) >= 11 is 5.95. The highest BCUT2D eigenvalue weighted by Crippen LogP contribution is 2.21. The van der Waals surface area contributed by atoms with Crippen LogP contribution in [-0.2, 0) is 19.5 Å². The fraction of sp³-hybridized carbons (Fsp3) is 0.238. The Morgan fingerprint density at radius 2 is 1.85 bits per heavy atom. The molecule has 0 radical (unpaired) electrons. The number of benzene rings is 2. The molecule has 0 spiro atoms. The van der Waals surface area contributed by atoms with Crippen LogP contribution in [0.5, 0.6) is 0 Å². The van der Waals surface area contributed by atoms with Crippen LogP contribution in [0, 0.1) is 6.92 Å². The minimum atomic E-state index is -0.0325. The molecule has 1 aromatic heterocycles. The molecule has 2 heterocycles. The summed E-state index contributed by atoms with van der Waals surface area (Å²) in [6.07, 6.45) is 0.727. The number of halogens is 1. The van der Waals surface area contributed by atoms with Crippen molar-refractivity contribution in [1.29, 1.82) is 0 Å². The van der Waals surface area contributed by atoms with Crippen molar-refractivity contribution in [3.05, 3.63) is 86.3 Å². The van der Waals surface area contributed by atoms with E-state index in [1.807, 2.05) is 12.1 Å². The second kappa shape index (κ2) is 7.06. The summed E-state index contributed by atoms with van der Waals surface area (Å²) < 4.78 is 0. The predicted octanol–water partition coefficient (Wildman–Crippen LogP) is 3.96. The largest absolute Gasteiger partial charge is 0.306 e. The van der Waals surface area contributed by atoms with Crippen LogP contribution in [0.2, 0.25) is 5.02 Å². The highest BCUT2D eigenvalue weighted by Gasteiger charge is 2.21. The van der Waals surface area contributed by atoms with Gasteiger partial charge in [0.1, 0.15) is 5.82 Å². The van der Waals surface area contributed by atoms with Gasteiger partial charge in [0.25, 0.3) is 5.56 Å². The van der Waals surface area contributed by atoms with Gasteiger partial charge in [0, 0.05) is 35.8 Å². The Hall–Kier alpha value is -2.43. The van der Waals surface area contributed by atoms with E-state index in [1.165, 1.54) is 11.1 Å². The average Bonchev–Trinajstić information content (AvgIpc) is 2.64. The number of nitrogens with one attached hydrogen (secondary N) is 1. The van der Waals surface area contributed by atoms with Crippen LogP contribution in [0.1, 0.15) is 22.4 Å². The van der Waals surface area contributed by atoms with E-state index in [1.54, 1.807) is 12.1 Å². The SMILES string of the molecule is Cc1ccc(CN2CCc3c(nc(-c4ccc(Cl)cc4)[nH]c3=O)C2)cc1. The first-order chi connectivity index (χ1) is 12.6. The van der Waals surface area contributed by atoms with E-state index >= 15 is 0 Å². The summed E-state index contributed by atoms with van der Waals surface area (Å²) in [4.78, 5) is 22.5. The molecule has 0 unspecified atom stereocenters. The second-order valence-corrected chi connectivity index (χ2v) is 7.23. The minimum Gasteiger partial charge on any atom is -0.306 e. The van der Waals surface area contributed by atoms with Crippen molar-refractivity contribution in [3.8, 4) is 11.4 Å². The first-order valence-corrected chi connectivity index (χ1v) is 9.12. The van der Waals surface area contributed by atoms with Crippen molar-refractivity contribution >= 4 is 11.6 Å². The Labute approximate surface area is 157 Å². The van der Waals surface area contributed by atoms with Gasteiger partial charge < -0.3 is 4.98 Å². The summed E-state index contributed by atoms with van der Waals surface area (Å²) in [5, 5.41) is 0.665. The van der Waals surface area contributed by atoms with E-state index < -0.39 is 0 Å². The smallest absolute Gasteiger partial charge is 0.254 e. The van der Waals surface area contributed by atoms with Gasteiger partial charge in [-0.3, -0.25) is 9.69 Å². The second-order valence-electron chi connectivity index (χ2n) is 6.79. The van der Waals surface area contributed by atoms with Gasteiger partial charge in [-0.05, 0) is 43.2 Å². The molecule has 0 fully saturated rings. The summed E-state index contributed by atoms with van der Waals surface area (Å²) in [5.74, 6) is 0.600. The molecule has 4 rings (SSSR count). The molecule has 3 aromatic rings. The van der Waals surface area contributed by atoms with Crippen LogP contribution in [0.15, 0.2) is 53.3 Å². The molecule has 5 heteroatoms. The standard InChI is InChI=1S/C21H20ClN3O/c1-14-2-4-15(5-3-14)12-25-11-10-18-19(13-25)23-20(24-21(18)26)16-6-8-17(22)9-7-16/h2-9H,10-13H2,1H3,(H,23,24,26). The maximum atomic E-state index is 12.5. The molecule has 0 aliphatic carbocycles. The monoisotopic (exact) mass is 365 g/mol. The zero-order chi connectivity index (χ0) is 18.1. The molecule has 0 atom stereocenters. The van der Waals surface area contributed by atoms with Crippen molar-refractivity contribution in [3.63, 3.8) is 0 Å². The van der Waals surface area contributed by atoms with Crippen LogP contribution in [-0.4, -0.2) is 21.4 Å². The lowest BCUT2D eigenvalue weighted by atomic mass is 10.0. The fourth-order valence-electron chi connectivity index (χ4n) is 3.32. The third kappa shape index (κ3) is 3.57. The van der Waals surface area contributed by atoms with Crippen molar-refractivity contribution in [2.45, 2.75) is 26.4 Å². The highest BCUT2D eigenvalue weighted by molar-refractivity contribution is 6.30. The van der Waals surface area contributed by atoms with Crippen LogP contribution < -0.4 is 5.56 Å². The molecular weight excluding hydrogens is 346 g/mol. The highest BCUT2D eigenvalue weighted by atomic mass is 35.5. The van der Waals surface area contributed by atoms with Gasteiger partial charge in [0.2, 0.25) is 0 Å². The number of fused-ring (bicyclic) bond motifs is 1. The van der Waals surface area contributed by atoms with E-state index in [-0.39, 0.29) is 5.56 Å². The van der Waals surface area contributed by atoms with E-state index in [0.29, 0.717) is 17.4 Å². The summed E-state index contributed by atoms with van der Waals surface area (Å²) in [6, 6.07) is 16.0. The Morgan fingerprint density at radius 3 is 2.58 bits per heavy atom. The summed E-state index contributed by atoms with van der Waals surface area (Å²) in [7, 11) is 0. The minimum absolute atomic E-state index is 0.0325. The van der Waals surface area contributed by atoms with Gasteiger partial charge in [-0.15, -0.1) is 0 Å². The maximum absolute atomic E-state index is 12.5. The van der Waals surface area contributed by atoms with Crippen LogP contribution in [0.3, 0.4) is 0 Å². The Morgan fingerprint density at radius 1 is 1.12 bits per heavy atom. The predicted molar refractivity (Wildman–Crippen MR) is 104 cm³/mol. The Bertz CT molecular complexity index is 978. The molecule has 0 saturated carbocycles. The van der Waals surface area contributed by atoms with Crippen LogP contribution in [0.4, 0.5) is 0 Å². The molecule has 0 amide bonds. The zero-order valence-electron chi connectivity index (χ0n) is 14.6. The molecule has 132 valence electrons. The lowest BCUT2D eigenvalue weighted by molar-refractivity contribution is 0.240. The molecule has 2 aromatic carbocycles. The van der Waals surface area contributed by atoms with E-state index in [9.17, 15) is 4.79 Å². The van der Waals surface area contributed by atoms with Gasteiger partial charge in [0.05, 0.1) is 5.69 Å². The van der Waals surface area contributed by atoms with Crippen molar-refractivity contribution in [2.24, 2.45) is 0 Å². The topological polar surface area (TPSA) is 49.0 Å². The lowest BCUT2D eigenvalue weighted by Crippen LogP contribution is -2.35. The molecule has 0 bridgehead atoms. The maximum Gasteiger partial charge on any atom is 0.254 e. The van der Waals surface area contributed by atoms with Gasteiger partial charge in [0.15, 0.2) is 0 Å². The molecule has 1 aliphatic heterocycles. The molecule has 4 nitrogen and oxygen atoms in total. The number of aromatic nitrogens is 2. The Balaban J connectivity index is 1.60. The van der Waals surface area contributed by atoms with Gasteiger partial charge in [-0.2, -0.15) is 0 Å². The first-order valence-electron chi connectivity index (χ1n) is 8.74. The van der Waals surface area contributed by atoms with Crippen LogP contribution >= 0.6 is 11.6 Å². The number of aryl methyl sites for hydroxylation is 1. The van der Waals surface area contributed by atoms with Gasteiger partial charge in [-0.1, -0.05) is 41.4 Å². The summed E-state index contributed by atoms with van der Waals surface area (Å²) in [6.45, 7) is 4.51. The van der Waals surface area contributed by atoms with Crippen molar-refractivity contribution in [2.75, 3.05) is 6.54 Å². The van der Waals surface area contributed by atoms with Gasteiger partial charge >= 0.3 is 0 Å². The quantitative estimate of drug-likeness (QED) is 0.764. The average molecular weight is 366 g/mol. The van der Waals surface area contributed by atoms with Gasteiger partial charge in [-0.25, -0.2) is 4.98 Å². The number of H-pyrrole nitrogens is 1. The first kappa shape index (κ1) is 17.0. The fourth-order valence-corrected chi connectivity index (χ4v) is 3.45. The molecule has 1 N–H and O–H groups in total. The third-order valence-corrected chi connectivity index (χ3v) is 5.05. The van der Waals surface area contributed by atoms with E-state index in [4.69, 9.17) is 16.6 Å². The number of rotatable bonds is 3. The van der Waals surface area contributed by atoms with Crippen molar-refractivity contribution in [1.82, 2.24) is 14.9 Å². The number of hydrogen-bond donors (Lipinski definition) is 1. The number of aromatic amines is 1. The number of hydrogen-bond acceptors (Lipinski definition) is 3. The Kier molecular flexibility index (Phi) is 4.62. The lowest BCUT2D eigenvalue weighted by Gasteiger charge is -2.27. The molecule has 0 saturated heterocycles.